The fraction of sp³-hybridized carbons (Fsp3) is 0.600. The Morgan fingerprint density at radius 3 is 2.61 bits per heavy atom. The zero-order valence-electron chi connectivity index (χ0n) is 16.4. The molecular formula is C20H29N3O4S. The van der Waals surface area contributed by atoms with E-state index in [0.717, 1.165) is 25.9 Å². The molecule has 0 bridgehead atoms. The van der Waals surface area contributed by atoms with Crippen molar-refractivity contribution in [2.45, 2.75) is 39.0 Å². The molecule has 0 saturated carbocycles. The van der Waals surface area contributed by atoms with Gasteiger partial charge in [0.25, 0.3) is 5.91 Å². The molecule has 8 heteroatoms. The van der Waals surface area contributed by atoms with E-state index in [1.165, 1.54) is 4.31 Å². The van der Waals surface area contributed by atoms with Crippen LogP contribution in [0.3, 0.4) is 0 Å². The molecular weight excluding hydrogens is 378 g/mol. The van der Waals surface area contributed by atoms with Gasteiger partial charge < -0.3 is 10.2 Å². The second kappa shape index (κ2) is 9.05. The Morgan fingerprint density at radius 2 is 1.89 bits per heavy atom. The van der Waals surface area contributed by atoms with E-state index in [1.807, 2.05) is 11.8 Å². The first-order chi connectivity index (χ1) is 13.4. The van der Waals surface area contributed by atoms with Crippen molar-refractivity contribution >= 4 is 27.5 Å². The van der Waals surface area contributed by atoms with Gasteiger partial charge in [0.15, 0.2) is 0 Å². The lowest BCUT2D eigenvalue weighted by molar-refractivity contribution is -0.120. The molecule has 2 aliphatic rings. The minimum absolute atomic E-state index is 0.0110. The van der Waals surface area contributed by atoms with E-state index in [-0.39, 0.29) is 30.0 Å². The number of benzene rings is 1. The molecule has 7 nitrogen and oxygen atoms in total. The summed E-state index contributed by atoms with van der Waals surface area (Å²) in [5, 5.41) is 2.87. The van der Waals surface area contributed by atoms with E-state index in [9.17, 15) is 18.0 Å². The van der Waals surface area contributed by atoms with E-state index >= 15 is 0 Å². The largest absolute Gasteiger partial charge is 0.339 e. The lowest BCUT2D eigenvalue weighted by atomic mass is 9.98. The fourth-order valence-corrected chi connectivity index (χ4v) is 5.46. The summed E-state index contributed by atoms with van der Waals surface area (Å²) in [4.78, 5) is 27.1. The highest BCUT2D eigenvalue weighted by Gasteiger charge is 2.32. The highest BCUT2D eigenvalue weighted by atomic mass is 32.2. The maximum Gasteiger partial charge on any atom is 0.253 e. The average Bonchev–Trinajstić information content (AvgIpc) is 3.22. The second-order valence-electron chi connectivity index (χ2n) is 7.58. The van der Waals surface area contributed by atoms with Crippen molar-refractivity contribution in [3.05, 3.63) is 29.8 Å². The van der Waals surface area contributed by atoms with Crippen molar-refractivity contribution in [1.82, 2.24) is 9.21 Å². The van der Waals surface area contributed by atoms with Crippen molar-refractivity contribution in [3.8, 4) is 0 Å². The Kier molecular flexibility index (Phi) is 6.72. The number of likely N-dealkylation sites (tertiary alicyclic amines) is 1. The lowest BCUT2D eigenvalue weighted by Gasteiger charge is -2.31. The molecule has 1 atom stereocenters. The number of carbonyl (C=O) groups is 2. The van der Waals surface area contributed by atoms with Gasteiger partial charge >= 0.3 is 0 Å². The van der Waals surface area contributed by atoms with Crippen molar-refractivity contribution in [1.29, 1.82) is 0 Å². The first-order valence-corrected chi connectivity index (χ1v) is 11.7. The predicted molar refractivity (Wildman–Crippen MR) is 109 cm³/mol. The standard InChI is InChI=1S/C20H29N3O4S/c1-2-13-28(26,27)23-12-6-8-17(15-23)19(24)21-18-9-5-7-16(14-18)20(25)22-10-3-4-11-22/h5,7,9,14,17H,2-4,6,8,10-13,15H2,1H3,(H,21,24)/t17-/m0/s1. The van der Waals surface area contributed by atoms with Crippen LogP contribution in [-0.4, -0.2) is 61.4 Å². The van der Waals surface area contributed by atoms with Gasteiger partial charge in [-0.2, -0.15) is 0 Å². The molecule has 28 heavy (non-hydrogen) atoms. The third-order valence-electron chi connectivity index (χ3n) is 5.38. The molecule has 1 aromatic carbocycles. The summed E-state index contributed by atoms with van der Waals surface area (Å²) in [5.41, 5.74) is 1.14. The molecule has 0 radical (unpaired) electrons. The SMILES string of the molecule is CCCS(=O)(=O)N1CCC[C@H](C(=O)Nc2cccc(C(=O)N3CCCC3)c2)C1. The third kappa shape index (κ3) is 4.91. The average molecular weight is 408 g/mol. The number of anilines is 1. The van der Waals surface area contributed by atoms with E-state index in [4.69, 9.17) is 0 Å². The Labute approximate surface area is 167 Å². The normalized spacial score (nSPS) is 20.9. The molecule has 0 aromatic heterocycles. The summed E-state index contributed by atoms with van der Waals surface area (Å²) in [6.45, 7) is 4.09. The first kappa shape index (κ1) is 20.8. The van der Waals surface area contributed by atoms with E-state index < -0.39 is 10.0 Å². The van der Waals surface area contributed by atoms with Crippen LogP contribution in [0.1, 0.15) is 49.4 Å². The highest BCUT2D eigenvalue weighted by Crippen LogP contribution is 2.22. The van der Waals surface area contributed by atoms with Crippen molar-refractivity contribution in [3.63, 3.8) is 0 Å². The number of nitrogens with one attached hydrogen (secondary N) is 1. The maximum absolute atomic E-state index is 12.7. The Balaban J connectivity index is 1.64. The predicted octanol–water partition coefficient (Wildman–Crippen LogP) is 2.31. The minimum atomic E-state index is -3.30. The van der Waals surface area contributed by atoms with Crippen molar-refractivity contribution in [2.75, 3.05) is 37.2 Å². The molecule has 1 aromatic rings. The summed E-state index contributed by atoms with van der Waals surface area (Å²) in [6.07, 6.45) is 3.96. The van der Waals surface area contributed by atoms with Gasteiger partial charge in [-0.15, -0.1) is 0 Å². The molecule has 0 aliphatic carbocycles. The van der Waals surface area contributed by atoms with E-state index in [0.29, 0.717) is 37.1 Å². The molecule has 0 unspecified atom stereocenters. The number of sulfonamides is 1. The maximum atomic E-state index is 12.7. The minimum Gasteiger partial charge on any atom is -0.339 e. The van der Waals surface area contributed by atoms with Crippen LogP contribution in [-0.2, 0) is 14.8 Å². The Morgan fingerprint density at radius 1 is 1.14 bits per heavy atom. The number of piperidine rings is 1. The number of hydrogen-bond donors (Lipinski definition) is 1. The quantitative estimate of drug-likeness (QED) is 0.784. The van der Waals surface area contributed by atoms with Gasteiger partial charge in [0.2, 0.25) is 15.9 Å². The van der Waals surface area contributed by atoms with Gasteiger partial charge in [0, 0.05) is 37.4 Å². The second-order valence-corrected chi connectivity index (χ2v) is 9.67. The van der Waals surface area contributed by atoms with Gasteiger partial charge in [-0.1, -0.05) is 13.0 Å². The summed E-state index contributed by atoms with van der Waals surface area (Å²) in [7, 11) is -3.30. The summed E-state index contributed by atoms with van der Waals surface area (Å²) < 4.78 is 26.1. The van der Waals surface area contributed by atoms with Crippen LogP contribution < -0.4 is 5.32 Å². The smallest absolute Gasteiger partial charge is 0.253 e. The van der Waals surface area contributed by atoms with Crippen LogP contribution >= 0.6 is 0 Å². The highest BCUT2D eigenvalue weighted by molar-refractivity contribution is 7.89. The number of hydrogen-bond acceptors (Lipinski definition) is 4. The fourth-order valence-electron chi connectivity index (χ4n) is 3.87. The zero-order valence-corrected chi connectivity index (χ0v) is 17.2. The summed E-state index contributed by atoms with van der Waals surface area (Å²) >= 11 is 0. The topological polar surface area (TPSA) is 86.8 Å². The van der Waals surface area contributed by atoms with Crippen molar-refractivity contribution in [2.24, 2.45) is 5.92 Å². The molecule has 154 valence electrons. The molecule has 0 spiro atoms. The van der Waals surface area contributed by atoms with Crippen LogP contribution in [0.4, 0.5) is 5.69 Å². The third-order valence-corrected chi connectivity index (χ3v) is 7.42. The van der Waals surface area contributed by atoms with Crippen LogP contribution in [0.25, 0.3) is 0 Å². The van der Waals surface area contributed by atoms with Gasteiger partial charge in [0.1, 0.15) is 0 Å². The number of nitrogens with zero attached hydrogens (tertiary/aromatic N) is 2. The number of amides is 2. The zero-order chi connectivity index (χ0) is 20.1. The monoisotopic (exact) mass is 407 g/mol. The van der Waals surface area contributed by atoms with Crippen LogP contribution in [0.15, 0.2) is 24.3 Å². The Bertz CT molecular complexity index is 818. The van der Waals surface area contributed by atoms with E-state index in [1.54, 1.807) is 24.3 Å². The van der Waals surface area contributed by atoms with Crippen LogP contribution in [0.5, 0.6) is 0 Å². The van der Waals surface area contributed by atoms with Gasteiger partial charge in [-0.25, -0.2) is 12.7 Å². The number of rotatable bonds is 6. The van der Waals surface area contributed by atoms with Crippen LogP contribution in [0.2, 0.25) is 0 Å². The summed E-state index contributed by atoms with van der Waals surface area (Å²) in [6, 6.07) is 6.98. The molecule has 2 fully saturated rings. The molecule has 3 rings (SSSR count). The molecule has 2 aliphatic heterocycles. The molecule has 2 saturated heterocycles. The number of carbonyl (C=O) groups excluding carboxylic acids is 2. The lowest BCUT2D eigenvalue weighted by Crippen LogP contribution is -2.44. The van der Waals surface area contributed by atoms with E-state index in [2.05, 4.69) is 5.32 Å². The van der Waals surface area contributed by atoms with Crippen LogP contribution in [0, 0.1) is 5.92 Å². The van der Waals surface area contributed by atoms with Gasteiger partial charge in [-0.3, -0.25) is 9.59 Å². The van der Waals surface area contributed by atoms with Crippen molar-refractivity contribution < 1.29 is 18.0 Å². The first-order valence-electron chi connectivity index (χ1n) is 10.1. The van der Waals surface area contributed by atoms with Gasteiger partial charge in [0.05, 0.1) is 11.7 Å². The molecule has 1 N–H and O–H groups in total. The van der Waals surface area contributed by atoms with Gasteiger partial charge in [-0.05, 0) is 50.3 Å². The molecule has 2 amide bonds. The molecule has 2 heterocycles. The summed E-state index contributed by atoms with van der Waals surface area (Å²) in [5.74, 6) is -0.467. The Hall–Kier alpha value is -1.93.